The van der Waals surface area contributed by atoms with E-state index in [0.29, 0.717) is 12.4 Å². The van der Waals surface area contributed by atoms with Gasteiger partial charge in [0.25, 0.3) is 0 Å². The van der Waals surface area contributed by atoms with Crippen LogP contribution in [-0.2, 0) is 6.42 Å². The number of aromatic nitrogens is 2. The fourth-order valence-electron chi connectivity index (χ4n) is 3.34. The van der Waals surface area contributed by atoms with E-state index in [4.69, 9.17) is 9.52 Å². The van der Waals surface area contributed by atoms with Gasteiger partial charge in [0, 0.05) is 25.4 Å². The second-order valence-electron chi connectivity index (χ2n) is 7.60. The minimum Gasteiger partial charge on any atom is -0.357 e. The zero-order valence-corrected chi connectivity index (χ0v) is 19.2. The Morgan fingerprint density at radius 2 is 1.83 bits per heavy atom. The Kier molecular flexibility index (Phi) is 10.3. The molecule has 166 valence electrons. The second kappa shape index (κ2) is 13.0. The maximum Gasteiger partial charge on any atom is 0.226 e. The number of likely N-dealkylation sites (N-methyl/N-ethyl adjacent to an activating group) is 1. The Balaban J connectivity index is 1.93. The van der Waals surface area contributed by atoms with Crippen molar-refractivity contribution < 1.29 is 4.52 Å². The fraction of sp³-hybridized carbons (Fsp3) is 0.609. The van der Waals surface area contributed by atoms with Gasteiger partial charge in [0.1, 0.15) is 0 Å². The maximum atomic E-state index is 5.32. The van der Waals surface area contributed by atoms with Crippen LogP contribution >= 0.6 is 0 Å². The molecule has 1 heterocycles. The van der Waals surface area contributed by atoms with Gasteiger partial charge in [-0.2, -0.15) is 4.98 Å². The highest BCUT2D eigenvalue weighted by Gasteiger charge is 2.17. The maximum absolute atomic E-state index is 5.32. The Labute approximate surface area is 181 Å². The Bertz CT molecular complexity index is 739. The molecule has 0 radical (unpaired) electrons. The summed E-state index contributed by atoms with van der Waals surface area (Å²) in [5.41, 5.74) is 1.30. The van der Waals surface area contributed by atoms with E-state index in [1.54, 1.807) is 0 Å². The lowest BCUT2D eigenvalue weighted by Gasteiger charge is -2.29. The molecule has 30 heavy (non-hydrogen) atoms. The highest BCUT2D eigenvalue weighted by Crippen LogP contribution is 2.20. The highest BCUT2D eigenvalue weighted by atomic mass is 16.5. The molecule has 0 saturated heterocycles. The summed E-state index contributed by atoms with van der Waals surface area (Å²) in [4.78, 5) is 11.8. The van der Waals surface area contributed by atoms with Gasteiger partial charge in [-0.3, -0.25) is 9.89 Å². The van der Waals surface area contributed by atoms with Gasteiger partial charge in [0.15, 0.2) is 11.8 Å². The molecular weight excluding hydrogens is 376 g/mol. The van der Waals surface area contributed by atoms with E-state index in [1.165, 1.54) is 5.56 Å². The zero-order valence-electron chi connectivity index (χ0n) is 19.2. The summed E-state index contributed by atoms with van der Waals surface area (Å²) in [5.74, 6) is 2.61. The van der Waals surface area contributed by atoms with Crippen LogP contribution in [0, 0.1) is 0 Å². The van der Waals surface area contributed by atoms with Crippen molar-refractivity contribution in [3.05, 3.63) is 47.6 Å². The standard InChI is InChI=1S/C23H38N6O/c1-6-24-23(25-16-12-15-21-27-22(18(4)5)28-30-21)26-17-20(29(7-2)8-3)19-13-10-9-11-14-19/h9-11,13-14,18,20H,6-8,12,15-17H2,1-5H3,(H2,24,25,26). The van der Waals surface area contributed by atoms with E-state index in [-0.39, 0.29) is 12.0 Å². The van der Waals surface area contributed by atoms with E-state index in [9.17, 15) is 0 Å². The minimum atomic E-state index is 0.268. The summed E-state index contributed by atoms with van der Waals surface area (Å²) in [6.45, 7) is 15.0. The molecule has 0 aliphatic rings. The summed E-state index contributed by atoms with van der Waals surface area (Å²) in [5, 5.41) is 10.8. The molecule has 0 bridgehead atoms. The molecule has 0 saturated carbocycles. The molecule has 0 aliphatic carbocycles. The summed E-state index contributed by atoms with van der Waals surface area (Å²) in [6.07, 6.45) is 1.67. The molecule has 7 nitrogen and oxygen atoms in total. The molecule has 1 aromatic heterocycles. The van der Waals surface area contributed by atoms with Gasteiger partial charge < -0.3 is 15.2 Å². The molecule has 2 aromatic rings. The van der Waals surface area contributed by atoms with Crippen LogP contribution < -0.4 is 10.6 Å². The predicted octanol–water partition coefficient (Wildman–Crippen LogP) is 3.76. The minimum absolute atomic E-state index is 0.268. The number of nitrogens with one attached hydrogen (secondary N) is 2. The first-order valence-electron chi connectivity index (χ1n) is 11.2. The number of aliphatic imine (C=N–C) groups is 1. The van der Waals surface area contributed by atoms with Crippen LogP contribution in [0.1, 0.15) is 70.3 Å². The Morgan fingerprint density at radius 1 is 1.10 bits per heavy atom. The average Bonchev–Trinajstić information content (AvgIpc) is 3.24. The van der Waals surface area contributed by atoms with Gasteiger partial charge in [-0.25, -0.2) is 0 Å². The summed E-state index contributed by atoms with van der Waals surface area (Å²) < 4.78 is 5.32. The Morgan fingerprint density at radius 3 is 2.43 bits per heavy atom. The monoisotopic (exact) mass is 414 g/mol. The number of benzene rings is 1. The normalized spacial score (nSPS) is 13.1. The highest BCUT2D eigenvalue weighted by molar-refractivity contribution is 5.79. The van der Waals surface area contributed by atoms with Gasteiger partial charge in [-0.05, 0) is 32.0 Å². The van der Waals surface area contributed by atoms with Crippen LogP contribution in [-0.4, -0.2) is 53.7 Å². The lowest BCUT2D eigenvalue weighted by atomic mass is 10.1. The molecule has 0 amide bonds. The average molecular weight is 415 g/mol. The Hall–Kier alpha value is -2.41. The van der Waals surface area contributed by atoms with E-state index in [2.05, 4.69) is 90.6 Å². The first-order valence-corrected chi connectivity index (χ1v) is 11.2. The molecular formula is C23H38N6O. The van der Waals surface area contributed by atoms with Crippen LogP contribution in [0.5, 0.6) is 0 Å². The van der Waals surface area contributed by atoms with Gasteiger partial charge in [-0.1, -0.05) is 63.2 Å². The van der Waals surface area contributed by atoms with Crippen LogP contribution in [0.2, 0.25) is 0 Å². The molecule has 2 rings (SSSR count). The van der Waals surface area contributed by atoms with Gasteiger partial charge in [-0.15, -0.1) is 0 Å². The van der Waals surface area contributed by atoms with Crippen molar-refractivity contribution in [2.45, 2.75) is 59.4 Å². The van der Waals surface area contributed by atoms with Crippen LogP contribution in [0.15, 0.2) is 39.8 Å². The number of hydrogen-bond acceptors (Lipinski definition) is 5. The number of nitrogens with zero attached hydrogens (tertiary/aromatic N) is 4. The molecule has 0 aliphatic heterocycles. The number of guanidine groups is 1. The van der Waals surface area contributed by atoms with Gasteiger partial charge in [0.05, 0.1) is 12.6 Å². The van der Waals surface area contributed by atoms with E-state index in [0.717, 1.165) is 50.8 Å². The molecule has 0 spiro atoms. The van der Waals surface area contributed by atoms with Gasteiger partial charge in [0.2, 0.25) is 5.89 Å². The third-order valence-electron chi connectivity index (χ3n) is 5.06. The summed E-state index contributed by atoms with van der Waals surface area (Å²) >= 11 is 0. The van der Waals surface area contributed by atoms with Crippen molar-refractivity contribution >= 4 is 5.96 Å². The van der Waals surface area contributed by atoms with Crippen molar-refractivity contribution in [1.29, 1.82) is 0 Å². The molecule has 2 N–H and O–H groups in total. The van der Waals surface area contributed by atoms with Crippen LogP contribution in [0.4, 0.5) is 0 Å². The first-order chi connectivity index (χ1) is 14.6. The smallest absolute Gasteiger partial charge is 0.226 e. The summed E-state index contributed by atoms with van der Waals surface area (Å²) in [6, 6.07) is 10.9. The van der Waals surface area contributed by atoms with Crippen LogP contribution in [0.25, 0.3) is 0 Å². The number of rotatable bonds is 12. The zero-order chi connectivity index (χ0) is 21.8. The van der Waals surface area contributed by atoms with E-state index in [1.807, 2.05) is 0 Å². The van der Waals surface area contributed by atoms with E-state index >= 15 is 0 Å². The third-order valence-corrected chi connectivity index (χ3v) is 5.06. The number of aryl methyl sites for hydroxylation is 1. The SMILES string of the molecule is CCNC(=NCC(c1ccccc1)N(CC)CC)NCCCc1nc(C(C)C)no1. The third kappa shape index (κ3) is 7.44. The quantitative estimate of drug-likeness (QED) is 0.313. The fourth-order valence-corrected chi connectivity index (χ4v) is 3.34. The summed E-state index contributed by atoms with van der Waals surface area (Å²) in [7, 11) is 0. The number of hydrogen-bond donors (Lipinski definition) is 2. The second-order valence-corrected chi connectivity index (χ2v) is 7.60. The largest absolute Gasteiger partial charge is 0.357 e. The van der Waals surface area contributed by atoms with Gasteiger partial charge >= 0.3 is 0 Å². The molecule has 7 heteroatoms. The first kappa shape index (κ1) is 23.9. The topological polar surface area (TPSA) is 78.6 Å². The molecule has 1 atom stereocenters. The van der Waals surface area contributed by atoms with Crippen molar-refractivity contribution in [3.63, 3.8) is 0 Å². The van der Waals surface area contributed by atoms with Crippen molar-refractivity contribution in [3.8, 4) is 0 Å². The predicted molar refractivity (Wildman–Crippen MR) is 123 cm³/mol. The van der Waals surface area contributed by atoms with Crippen molar-refractivity contribution in [2.75, 3.05) is 32.7 Å². The van der Waals surface area contributed by atoms with E-state index < -0.39 is 0 Å². The van der Waals surface area contributed by atoms with Crippen LogP contribution in [0.3, 0.4) is 0 Å². The lowest BCUT2D eigenvalue weighted by Crippen LogP contribution is -2.39. The van der Waals surface area contributed by atoms with Crippen molar-refractivity contribution in [1.82, 2.24) is 25.7 Å². The molecule has 1 unspecified atom stereocenters. The lowest BCUT2D eigenvalue weighted by molar-refractivity contribution is 0.224. The molecule has 1 aromatic carbocycles. The molecule has 0 fully saturated rings. The van der Waals surface area contributed by atoms with Crippen molar-refractivity contribution in [2.24, 2.45) is 4.99 Å².